The average molecular weight is 312 g/mol. The lowest BCUT2D eigenvalue weighted by atomic mass is 10.1. The minimum atomic E-state index is -1.18. The van der Waals surface area contributed by atoms with E-state index in [0.717, 1.165) is 0 Å². The number of hydrogen-bond acceptors (Lipinski definition) is 4. The van der Waals surface area contributed by atoms with Gasteiger partial charge in [-0.05, 0) is 18.6 Å². The highest BCUT2D eigenvalue weighted by molar-refractivity contribution is 7.80. The number of aromatic hydroxyl groups is 1. The average Bonchev–Trinajstić information content (AvgIpc) is 2.45. The van der Waals surface area contributed by atoms with Crippen LogP contribution in [0.15, 0.2) is 24.3 Å². The van der Waals surface area contributed by atoms with Gasteiger partial charge in [-0.15, -0.1) is 0 Å². The van der Waals surface area contributed by atoms with Crippen LogP contribution in [0, 0.1) is 0 Å². The molecule has 0 aliphatic heterocycles. The molecule has 1 rings (SSSR count). The van der Waals surface area contributed by atoms with Crippen LogP contribution in [-0.2, 0) is 4.79 Å². The molecule has 0 bridgehead atoms. The van der Waals surface area contributed by atoms with Crippen LogP contribution in [0.25, 0.3) is 0 Å². The number of amides is 1. The van der Waals surface area contributed by atoms with Crippen molar-refractivity contribution in [2.45, 2.75) is 32.7 Å². The van der Waals surface area contributed by atoms with Crippen molar-refractivity contribution >= 4 is 29.1 Å². The lowest BCUT2D eigenvalue weighted by molar-refractivity contribution is -0.139. The molecule has 21 heavy (non-hydrogen) atoms. The van der Waals surface area contributed by atoms with Crippen LogP contribution in [0.5, 0.6) is 5.75 Å². The summed E-state index contributed by atoms with van der Waals surface area (Å²) < 4.78 is 0. The smallest absolute Gasteiger partial charge is 0.326 e. The van der Waals surface area contributed by atoms with Gasteiger partial charge in [0.25, 0.3) is 5.91 Å². The van der Waals surface area contributed by atoms with E-state index in [1.165, 1.54) is 12.1 Å². The van der Waals surface area contributed by atoms with Crippen molar-refractivity contribution in [3.63, 3.8) is 0 Å². The van der Waals surface area contributed by atoms with E-state index in [-0.39, 0.29) is 29.1 Å². The summed E-state index contributed by atoms with van der Waals surface area (Å²) in [5.41, 5.74) is 5.31. The van der Waals surface area contributed by atoms with Crippen molar-refractivity contribution in [1.82, 2.24) is 5.32 Å². The van der Waals surface area contributed by atoms with Crippen LogP contribution in [0.2, 0.25) is 0 Å². The summed E-state index contributed by atoms with van der Waals surface area (Å²) in [6.07, 6.45) is 0.317. The van der Waals surface area contributed by atoms with Crippen molar-refractivity contribution < 1.29 is 19.8 Å². The summed E-state index contributed by atoms with van der Waals surface area (Å²) in [7, 11) is 0. The first-order valence-corrected chi connectivity index (χ1v) is 6.92. The van der Waals surface area contributed by atoms with Gasteiger partial charge in [0.1, 0.15) is 11.8 Å². The zero-order chi connectivity index (χ0) is 16.4. The van der Waals surface area contributed by atoms with Gasteiger partial charge in [-0.2, -0.15) is 0 Å². The van der Waals surface area contributed by atoms with Crippen molar-refractivity contribution in [1.29, 1.82) is 0 Å². The minimum absolute atomic E-state index is 0.0177. The van der Waals surface area contributed by atoms with E-state index in [4.69, 9.17) is 10.8 Å². The lowest BCUT2D eigenvalue weighted by Gasteiger charge is -2.14. The Morgan fingerprint density at radius 2 is 1.90 bits per heavy atom. The first-order chi connectivity index (χ1) is 9.91. The van der Waals surface area contributed by atoms with E-state index in [1.807, 2.05) is 13.8 Å². The molecule has 0 fully saturated rings. The number of para-hydroxylation sites is 1. The van der Waals surface area contributed by atoms with Gasteiger partial charge in [-0.25, -0.2) is 4.79 Å². The Bertz CT molecular complexity index is 506. The fourth-order valence-electron chi connectivity index (χ4n) is 1.45. The van der Waals surface area contributed by atoms with Crippen molar-refractivity contribution in [3.8, 4) is 5.75 Å². The molecule has 0 spiro atoms. The summed E-state index contributed by atoms with van der Waals surface area (Å²) >= 11 is 4.66. The molecule has 1 aromatic carbocycles. The Morgan fingerprint density at radius 3 is 2.38 bits per heavy atom. The molecule has 5 N–H and O–H groups in total. The molecule has 0 aliphatic carbocycles. The Hall–Kier alpha value is -2.15. The fraction of sp³-hybridized carbons (Fsp3) is 0.357. The van der Waals surface area contributed by atoms with Crippen LogP contribution in [-0.4, -0.2) is 33.1 Å². The van der Waals surface area contributed by atoms with Crippen LogP contribution in [0.1, 0.15) is 37.0 Å². The molecule has 0 radical (unpaired) electrons. The molecule has 0 aliphatic rings. The number of benzene rings is 1. The quantitative estimate of drug-likeness (QED) is 0.594. The number of phenolic OH excluding ortho intramolecular Hbond substituents is 1. The third-order valence-corrected chi connectivity index (χ3v) is 2.64. The van der Waals surface area contributed by atoms with E-state index in [1.54, 1.807) is 12.1 Å². The summed E-state index contributed by atoms with van der Waals surface area (Å²) in [5.74, 6) is -2.05. The third kappa shape index (κ3) is 6.71. The van der Waals surface area contributed by atoms with E-state index < -0.39 is 17.9 Å². The van der Waals surface area contributed by atoms with Gasteiger partial charge in [0, 0.05) is 6.42 Å². The van der Waals surface area contributed by atoms with E-state index >= 15 is 0 Å². The van der Waals surface area contributed by atoms with Crippen molar-refractivity contribution in [2.24, 2.45) is 5.73 Å². The molecule has 1 atom stereocenters. The number of carbonyl (C=O) groups excluding carboxylic acids is 1. The first kappa shape index (κ1) is 18.9. The highest BCUT2D eigenvalue weighted by Gasteiger charge is 2.21. The maximum absolute atomic E-state index is 11.8. The van der Waals surface area contributed by atoms with Gasteiger partial charge in [-0.1, -0.05) is 38.2 Å². The van der Waals surface area contributed by atoms with Gasteiger partial charge in [-0.3, -0.25) is 4.79 Å². The molecular weight excluding hydrogens is 292 g/mol. The summed E-state index contributed by atoms with van der Waals surface area (Å²) in [6.45, 7) is 4.00. The molecule has 1 unspecified atom stereocenters. The number of nitrogens with one attached hydrogen (secondary N) is 1. The predicted octanol–water partition coefficient (Wildman–Crippen LogP) is 1.67. The van der Waals surface area contributed by atoms with Crippen LogP contribution in [0.4, 0.5) is 0 Å². The number of hydrogen-bond donors (Lipinski definition) is 4. The fourth-order valence-corrected chi connectivity index (χ4v) is 1.56. The largest absolute Gasteiger partial charge is 0.507 e. The van der Waals surface area contributed by atoms with E-state index in [9.17, 15) is 14.7 Å². The Morgan fingerprint density at radius 1 is 1.33 bits per heavy atom. The van der Waals surface area contributed by atoms with Crippen molar-refractivity contribution in [3.05, 3.63) is 29.8 Å². The second kappa shape index (κ2) is 9.71. The second-order valence-corrected chi connectivity index (χ2v) is 4.41. The highest BCUT2D eigenvalue weighted by Crippen LogP contribution is 2.15. The summed E-state index contributed by atoms with van der Waals surface area (Å²) in [4.78, 5) is 23.0. The number of aliphatic carboxylic acids is 1. The van der Waals surface area contributed by atoms with Gasteiger partial charge in [0.2, 0.25) is 0 Å². The molecule has 0 saturated heterocycles. The normalized spacial score (nSPS) is 10.8. The Labute approximate surface area is 129 Å². The van der Waals surface area contributed by atoms with Crippen LogP contribution in [0.3, 0.4) is 0 Å². The SMILES string of the molecule is CC.NC(=S)CCC(NC(=O)c1ccccc1O)C(=O)O. The zero-order valence-electron chi connectivity index (χ0n) is 12.0. The topological polar surface area (TPSA) is 113 Å². The van der Waals surface area contributed by atoms with Gasteiger partial charge < -0.3 is 21.3 Å². The van der Waals surface area contributed by atoms with Gasteiger partial charge in [0.05, 0.1) is 10.6 Å². The van der Waals surface area contributed by atoms with E-state index in [0.29, 0.717) is 0 Å². The second-order valence-electron chi connectivity index (χ2n) is 3.89. The molecule has 1 amide bonds. The lowest BCUT2D eigenvalue weighted by Crippen LogP contribution is -2.41. The molecule has 7 heteroatoms. The number of carbonyl (C=O) groups is 2. The maximum atomic E-state index is 11.8. The number of rotatable bonds is 6. The third-order valence-electron chi connectivity index (χ3n) is 2.43. The highest BCUT2D eigenvalue weighted by atomic mass is 32.1. The molecule has 6 nitrogen and oxygen atoms in total. The Kier molecular flexibility index (Phi) is 8.71. The molecule has 116 valence electrons. The number of carboxylic acid groups (broad SMARTS) is 1. The molecule has 0 saturated carbocycles. The number of nitrogens with two attached hydrogens (primary N) is 1. The predicted molar refractivity (Wildman–Crippen MR) is 84.4 cm³/mol. The molecule has 1 aromatic rings. The monoisotopic (exact) mass is 312 g/mol. The van der Waals surface area contributed by atoms with Gasteiger partial charge >= 0.3 is 5.97 Å². The number of carboxylic acids is 1. The van der Waals surface area contributed by atoms with Gasteiger partial charge in [0.15, 0.2) is 0 Å². The first-order valence-electron chi connectivity index (χ1n) is 6.51. The van der Waals surface area contributed by atoms with E-state index in [2.05, 4.69) is 17.5 Å². The van der Waals surface area contributed by atoms with Crippen LogP contribution < -0.4 is 11.1 Å². The standard InChI is InChI=1S/C12H14N2O4S.C2H6/c13-10(19)6-5-8(12(17)18)14-11(16)7-3-1-2-4-9(7)15;1-2/h1-4,8,15H,5-6H2,(H2,13,19)(H,14,16)(H,17,18);1-2H3. The maximum Gasteiger partial charge on any atom is 0.326 e. The van der Waals surface area contributed by atoms with Crippen LogP contribution >= 0.6 is 12.2 Å². The zero-order valence-corrected chi connectivity index (χ0v) is 12.8. The molecule has 0 heterocycles. The molecular formula is C14H20N2O4S. The van der Waals surface area contributed by atoms with Crippen molar-refractivity contribution in [2.75, 3.05) is 0 Å². The number of thiocarbonyl (C=S) groups is 1. The Balaban J connectivity index is 0.00000191. The summed E-state index contributed by atoms with van der Waals surface area (Å²) in [6, 6.07) is 4.78. The number of phenols is 1. The molecule has 0 aromatic heterocycles. The minimum Gasteiger partial charge on any atom is -0.507 e. The summed E-state index contributed by atoms with van der Waals surface area (Å²) in [5, 5.41) is 20.8.